The van der Waals surface area contributed by atoms with Crippen LogP contribution in [0.3, 0.4) is 0 Å². The van der Waals surface area contributed by atoms with Crippen molar-refractivity contribution in [3.8, 4) is 5.75 Å². The van der Waals surface area contributed by atoms with E-state index < -0.39 is 23.5 Å². The summed E-state index contributed by atoms with van der Waals surface area (Å²) in [5, 5.41) is 2.56. The third-order valence-corrected chi connectivity index (χ3v) is 3.30. The lowest BCUT2D eigenvalue weighted by Crippen LogP contribution is -2.23. The maximum atomic E-state index is 13.1. The summed E-state index contributed by atoms with van der Waals surface area (Å²) in [6.07, 6.45) is 0. The molecule has 0 bridgehead atoms. The van der Waals surface area contributed by atoms with E-state index in [0.29, 0.717) is 11.3 Å². The number of rotatable bonds is 5. The van der Waals surface area contributed by atoms with Crippen LogP contribution in [0.25, 0.3) is 0 Å². The van der Waals surface area contributed by atoms with E-state index in [4.69, 9.17) is 4.74 Å². The molecule has 126 valence electrons. The number of carbonyl (C=O) groups is 2. The number of hydrogen-bond acceptors (Lipinski definition) is 4. The minimum atomic E-state index is -1.10. The molecule has 7 heteroatoms. The SMILES string of the molecule is COC(=O)c1cc(CNC(=O)c2ccc(F)c(F)c2)ccc1OC. The zero-order valence-corrected chi connectivity index (χ0v) is 13.1. The molecule has 0 aliphatic rings. The second-order valence-corrected chi connectivity index (χ2v) is 4.84. The van der Waals surface area contributed by atoms with Gasteiger partial charge in [0, 0.05) is 12.1 Å². The summed E-state index contributed by atoms with van der Waals surface area (Å²) in [5.41, 5.74) is 0.835. The highest BCUT2D eigenvalue weighted by Gasteiger charge is 2.14. The van der Waals surface area contributed by atoms with Crippen molar-refractivity contribution in [2.45, 2.75) is 6.54 Å². The fourth-order valence-electron chi connectivity index (χ4n) is 2.06. The van der Waals surface area contributed by atoms with Crippen molar-refractivity contribution in [3.63, 3.8) is 0 Å². The lowest BCUT2D eigenvalue weighted by atomic mass is 10.1. The molecule has 2 aromatic carbocycles. The summed E-state index contributed by atoms with van der Waals surface area (Å²) in [4.78, 5) is 23.7. The monoisotopic (exact) mass is 335 g/mol. The summed E-state index contributed by atoms with van der Waals surface area (Å²) >= 11 is 0. The molecule has 0 saturated heterocycles. The Hall–Kier alpha value is -2.96. The molecule has 1 amide bonds. The maximum Gasteiger partial charge on any atom is 0.341 e. The lowest BCUT2D eigenvalue weighted by Gasteiger charge is -2.10. The topological polar surface area (TPSA) is 64.6 Å². The van der Waals surface area contributed by atoms with Crippen molar-refractivity contribution in [1.82, 2.24) is 5.32 Å². The number of hydrogen-bond donors (Lipinski definition) is 1. The highest BCUT2D eigenvalue weighted by atomic mass is 19.2. The highest BCUT2D eigenvalue weighted by Crippen LogP contribution is 2.21. The molecule has 0 saturated carbocycles. The van der Waals surface area contributed by atoms with Gasteiger partial charge in [0.05, 0.1) is 14.2 Å². The van der Waals surface area contributed by atoms with Crippen LogP contribution in [0.2, 0.25) is 0 Å². The fourth-order valence-corrected chi connectivity index (χ4v) is 2.06. The van der Waals surface area contributed by atoms with Gasteiger partial charge in [-0.3, -0.25) is 4.79 Å². The highest BCUT2D eigenvalue weighted by molar-refractivity contribution is 5.94. The molecule has 1 N–H and O–H groups in total. The van der Waals surface area contributed by atoms with E-state index in [-0.39, 0.29) is 17.7 Å². The van der Waals surface area contributed by atoms with Gasteiger partial charge in [0.2, 0.25) is 0 Å². The fraction of sp³-hybridized carbons (Fsp3) is 0.176. The van der Waals surface area contributed by atoms with Crippen LogP contribution in [-0.2, 0) is 11.3 Å². The van der Waals surface area contributed by atoms with Gasteiger partial charge in [-0.15, -0.1) is 0 Å². The number of nitrogens with one attached hydrogen (secondary N) is 1. The normalized spacial score (nSPS) is 10.2. The van der Waals surface area contributed by atoms with Crippen LogP contribution in [-0.4, -0.2) is 26.1 Å². The number of halogens is 2. The first-order chi connectivity index (χ1) is 11.5. The number of methoxy groups -OCH3 is 2. The Morgan fingerprint density at radius 1 is 1.04 bits per heavy atom. The van der Waals surface area contributed by atoms with Crippen molar-refractivity contribution in [1.29, 1.82) is 0 Å². The predicted molar refractivity (Wildman–Crippen MR) is 81.9 cm³/mol. The minimum Gasteiger partial charge on any atom is -0.496 e. The molecule has 2 rings (SSSR count). The number of amides is 1. The molecule has 0 heterocycles. The molecule has 0 fully saturated rings. The van der Waals surface area contributed by atoms with Gasteiger partial charge in [-0.25, -0.2) is 13.6 Å². The van der Waals surface area contributed by atoms with Gasteiger partial charge in [-0.05, 0) is 35.9 Å². The second kappa shape index (κ2) is 7.54. The number of esters is 1. The lowest BCUT2D eigenvalue weighted by molar-refractivity contribution is 0.0597. The Kier molecular flexibility index (Phi) is 5.47. The average molecular weight is 335 g/mol. The van der Waals surface area contributed by atoms with Crippen LogP contribution in [0.4, 0.5) is 8.78 Å². The quantitative estimate of drug-likeness (QED) is 0.853. The molecule has 2 aromatic rings. The molecule has 5 nitrogen and oxygen atoms in total. The van der Waals surface area contributed by atoms with Crippen LogP contribution >= 0.6 is 0 Å². The molecule has 0 spiro atoms. The molecule has 0 radical (unpaired) electrons. The molecule has 0 aromatic heterocycles. The molecular formula is C17H15F2NO4. The first kappa shape index (κ1) is 17.4. The number of carbonyl (C=O) groups excluding carboxylic acids is 2. The van der Waals surface area contributed by atoms with Crippen molar-refractivity contribution in [2.24, 2.45) is 0 Å². The molecule has 0 atom stereocenters. The molecule has 0 aliphatic heterocycles. The van der Waals surface area contributed by atoms with E-state index in [0.717, 1.165) is 12.1 Å². The standard InChI is InChI=1S/C17H15F2NO4/c1-23-15-6-3-10(7-12(15)17(22)24-2)9-20-16(21)11-4-5-13(18)14(19)8-11/h3-8H,9H2,1-2H3,(H,20,21). The molecule has 24 heavy (non-hydrogen) atoms. The minimum absolute atomic E-state index is 0.00407. The van der Waals surface area contributed by atoms with E-state index in [1.165, 1.54) is 26.4 Å². The Morgan fingerprint density at radius 2 is 1.79 bits per heavy atom. The molecular weight excluding hydrogens is 320 g/mol. The third-order valence-electron chi connectivity index (χ3n) is 3.30. The molecule has 0 unspecified atom stereocenters. The van der Waals surface area contributed by atoms with Crippen LogP contribution in [0, 0.1) is 11.6 Å². The van der Waals surface area contributed by atoms with E-state index in [2.05, 4.69) is 10.1 Å². The van der Waals surface area contributed by atoms with Gasteiger partial charge in [-0.1, -0.05) is 6.07 Å². The van der Waals surface area contributed by atoms with Crippen molar-refractivity contribution >= 4 is 11.9 Å². The van der Waals surface area contributed by atoms with E-state index in [1.807, 2.05) is 0 Å². The number of benzene rings is 2. The third kappa shape index (κ3) is 3.87. The zero-order chi connectivity index (χ0) is 17.7. The van der Waals surface area contributed by atoms with Crippen molar-refractivity contribution in [3.05, 3.63) is 64.7 Å². The average Bonchev–Trinajstić information content (AvgIpc) is 2.60. The van der Waals surface area contributed by atoms with Crippen molar-refractivity contribution in [2.75, 3.05) is 14.2 Å². The van der Waals surface area contributed by atoms with Gasteiger partial charge < -0.3 is 14.8 Å². The maximum absolute atomic E-state index is 13.1. The van der Waals surface area contributed by atoms with Gasteiger partial charge in [0.25, 0.3) is 5.91 Å². The van der Waals surface area contributed by atoms with Gasteiger partial charge in [0.1, 0.15) is 11.3 Å². The van der Waals surface area contributed by atoms with Crippen molar-refractivity contribution < 1.29 is 27.8 Å². The molecule has 0 aliphatic carbocycles. The number of ether oxygens (including phenoxy) is 2. The summed E-state index contributed by atoms with van der Waals surface area (Å²) in [7, 11) is 2.67. The van der Waals surface area contributed by atoms with Crippen LogP contribution in [0.15, 0.2) is 36.4 Å². The second-order valence-electron chi connectivity index (χ2n) is 4.84. The smallest absolute Gasteiger partial charge is 0.341 e. The Balaban J connectivity index is 2.12. The van der Waals surface area contributed by atoms with E-state index in [9.17, 15) is 18.4 Å². The summed E-state index contributed by atoms with van der Waals surface area (Å²) in [6.45, 7) is 0.0891. The first-order valence-electron chi connectivity index (χ1n) is 6.94. The Labute approximate surface area is 137 Å². The first-order valence-corrected chi connectivity index (χ1v) is 6.94. The predicted octanol–water partition coefficient (Wildman–Crippen LogP) is 2.69. The van der Waals surface area contributed by atoms with E-state index >= 15 is 0 Å². The van der Waals surface area contributed by atoms with Crippen LogP contribution in [0.1, 0.15) is 26.3 Å². The van der Waals surface area contributed by atoms with Crippen LogP contribution in [0.5, 0.6) is 5.75 Å². The van der Waals surface area contributed by atoms with Gasteiger partial charge in [-0.2, -0.15) is 0 Å². The van der Waals surface area contributed by atoms with E-state index in [1.54, 1.807) is 12.1 Å². The van der Waals surface area contributed by atoms with Gasteiger partial charge in [0.15, 0.2) is 11.6 Å². The summed E-state index contributed by atoms with van der Waals surface area (Å²) in [6, 6.07) is 7.64. The largest absolute Gasteiger partial charge is 0.496 e. The summed E-state index contributed by atoms with van der Waals surface area (Å²) in [5.74, 6) is -2.91. The van der Waals surface area contributed by atoms with Crippen LogP contribution < -0.4 is 10.1 Å². The Bertz CT molecular complexity index is 777. The Morgan fingerprint density at radius 3 is 2.42 bits per heavy atom. The zero-order valence-electron chi connectivity index (χ0n) is 13.1. The summed E-state index contributed by atoms with van der Waals surface area (Å²) < 4.78 is 35.8. The van der Waals surface area contributed by atoms with Gasteiger partial charge >= 0.3 is 5.97 Å².